The Kier molecular flexibility index (Phi) is 11.5. The second kappa shape index (κ2) is 14.3. The number of halogens is 3. The molecule has 0 aromatic heterocycles. The van der Waals surface area contributed by atoms with Gasteiger partial charge in [0.15, 0.2) is 0 Å². The van der Waals surface area contributed by atoms with Gasteiger partial charge in [-0.25, -0.2) is 8.42 Å². The van der Waals surface area contributed by atoms with Crippen LogP contribution in [0.3, 0.4) is 0 Å². The summed E-state index contributed by atoms with van der Waals surface area (Å²) >= 11 is 16.0. The molecule has 3 rings (SSSR count). The summed E-state index contributed by atoms with van der Waals surface area (Å²) in [5, 5.41) is 3.75. The molecule has 0 aliphatic rings. The zero-order valence-corrected chi connectivity index (χ0v) is 26.4. The lowest BCUT2D eigenvalue weighted by atomic mass is 10.0. The molecule has 0 spiro atoms. The molecule has 40 heavy (non-hydrogen) atoms. The molecule has 3 aromatic rings. The average Bonchev–Trinajstić information content (AvgIpc) is 2.90. The molecule has 0 aliphatic heterocycles. The number of nitrogens with zero attached hydrogens (tertiary/aromatic N) is 2. The predicted octanol–water partition coefficient (Wildman–Crippen LogP) is 6.08. The van der Waals surface area contributed by atoms with E-state index in [1.54, 1.807) is 42.5 Å². The third kappa shape index (κ3) is 8.70. The first-order chi connectivity index (χ1) is 18.9. The molecule has 0 saturated carbocycles. The van der Waals surface area contributed by atoms with Crippen molar-refractivity contribution in [2.45, 2.75) is 45.3 Å². The van der Waals surface area contributed by atoms with E-state index in [0.717, 1.165) is 16.1 Å². The summed E-state index contributed by atoms with van der Waals surface area (Å²) in [5.41, 5.74) is 1.73. The zero-order valence-electron chi connectivity index (χ0n) is 22.5. The van der Waals surface area contributed by atoms with Gasteiger partial charge < -0.3 is 10.2 Å². The fourth-order valence-corrected chi connectivity index (χ4v) is 6.02. The van der Waals surface area contributed by atoms with E-state index in [0.29, 0.717) is 32.2 Å². The minimum absolute atomic E-state index is 0.0339. The van der Waals surface area contributed by atoms with E-state index >= 15 is 0 Å². The quantitative estimate of drug-likeness (QED) is 0.254. The normalized spacial score (nSPS) is 12.8. The first kappa shape index (κ1) is 31.9. The summed E-state index contributed by atoms with van der Waals surface area (Å²) in [5.74, 6) is -0.907. The number of sulfonamides is 1. The van der Waals surface area contributed by atoms with Crippen molar-refractivity contribution in [3.05, 3.63) is 98.4 Å². The van der Waals surface area contributed by atoms with Gasteiger partial charge in [-0.3, -0.25) is 13.9 Å². The van der Waals surface area contributed by atoms with Crippen LogP contribution in [0.25, 0.3) is 0 Å². The minimum Gasteiger partial charge on any atom is -0.352 e. The van der Waals surface area contributed by atoms with Crippen molar-refractivity contribution < 1.29 is 18.0 Å². The van der Waals surface area contributed by atoms with Gasteiger partial charge in [0.25, 0.3) is 0 Å². The number of hydrogen-bond acceptors (Lipinski definition) is 4. The maximum Gasteiger partial charge on any atom is 0.244 e. The Bertz CT molecular complexity index is 1440. The van der Waals surface area contributed by atoms with Crippen LogP contribution in [-0.2, 0) is 32.6 Å². The highest BCUT2D eigenvalue weighted by atomic mass is 79.9. The maximum absolute atomic E-state index is 14.1. The van der Waals surface area contributed by atoms with Crippen molar-refractivity contribution in [3.8, 4) is 0 Å². The Balaban J connectivity index is 2.10. The predicted molar refractivity (Wildman–Crippen MR) is 165 cm³/mol. The molecule has 2 amide bonds. The molecule has 3 aromatic carbocycles. The summed E-state index contributed by atoms with van der Waals surface area (Å²) < 4.78 is 27.3. The van der Waals surface area contributed by atoms with Gasteiger partial charge in [0.05, 0.1) is 11.9 Å². The molecule has 0 heterocycles. The van der Waals surface area contributed by atoms with Gasteiger partial charge in [-0.05, 0) is 64.7 Å². The van der Waals surface area contributed by atoms with Gasteiger partial charge >= 0.3 is 0 Å². The standard InChI is InChI=1S/C29H32BrCl2N3O4S/c1-4-20(2)33-29(37)27(16-21-10-6-5-7-11-21)34(18-22-14-15-23(31)17-25(22)32)28(36)19-35(40(3,38)39)26-13-9-8-12-24(26)30/h5-15,17,20,27H,4,16,18-19H2,1-3H3,(H,33,37)/t20-,27-/m0/s1. The van der Waals surface area contributed by atoms with Crippen LogP contribution in [0.1, 0.15) is 31.4 Å². The molecule has 0 aliphatic carbocycles. The Morgan fingerprint density at radius 2 is 1.65 bits per heavy atom. The lowest BCUT2D eigenvalue weighted by Gasteiger charge is -2.34. The number of amides is 2. The first-order valence-corrected chi connectivity index (χ1v) is 16.1. The molecule has 0 radical (unpaired) electrons. The number of hydrogen-bond donors (Lipinski definition) is 1. The van der Waals surface area contributed by atoms with E-state index in [2.05, 4.69) is 21.2 Å². The van der Waals surface area contributed by atoms with E-state index in [1.807, 2.05) is 44.2 Å². The summed E-state index contributed by atoms with van der Waals surface area (Å²) in [6.45, 7) is 3.29. The molecule has 7 nitrogen and oxygen atoms in total. The first-order valence-electron chi connectivity index (χ1n) is 12.7. The Hall–Kier alpha value is -2.59. The smallest absolute Gasteiger partial charge is 0.244 e. The largest absolute Gasteiger partial charge is 0.352 e. The van der Waals surface area contributed by atoms with Gasteiger partial charge in [-0.15, -0.1) is 0 Å². The number of rotatable bonds is 12. The molecular weight excluding hydrogens is 637 g/mol. The van der Waals surface area contributed by atoms with Crippen molar-refractivity contribution in [1.29, 1.82) is 0 Å². The number of carbonyl (C=O) groups is 2. The number of carbonyl (C=O) groups excluding carboxylic acids is 2. The fraction of sp³-hybridized carbons (Fsp3) is 0.310. The zero-order chi connectivity index (χ0) is 29.4. The molecule has 1 N–H and O–H groups in total. The molecule has 214 valence electrons. The monoisotopic (exact) mass is 667 g/mol. The highest BCUT2D eigenvalue weighted by Crippen LogP contribution is 2.29. The van der Waals surface area contributed by atoms with Gasteiger partial charge in [-0.2, -0.15) is 0 Å². The summed E-state index contributed by atoms with van der Waals surface area (Å²) in [7, 11) is -3.87. The third-order valence-electron chi connectivity index (χ3n) is 6.43. The van der Waals surface area contributed by atoms with Gasteiger partial charge in [-0.1, -0.05) is 78.7 Å². The van der Waals surface area contributed by atoms with E-state index in [1.165, 1.54) is 4.90 Å². The van der Waals surface area contributed by atoms with E-state index in [4.69, 9.17) is 23.2 Å². The fourth-order valence-electron chi connectivity index (χ4n) is 4.08. The molecule has 0 fully saturated rings. The summed E-state index contributed by atoms with van der Waals surface area (Å²) in [6.07, 6.45) is 1.95. The van der Waals surface area contributed by atoms with E-state index in [9.17, 15) is 18.0 Å². The van der Waals surface area contributed by atoms with Gasteiger partial charge in [0.2, 0.25) is 21.8 Å². The minimum atomic E-state index is -3.87. The van der Waals surface area contributed by atoms with Gasteiger partial charge in [0, 0.05) is 33.5 Å². The van der Waals surface area contributed by atoms with Crippen molar-refractivity contribution in [3.63, 3.8) is 0 Å². The molecule has 11 heteroatoms. The van der Waals surface area contributed by atoms with Crippen LogP contribution in [0.5, 0.6) is 0 Å². The average molecular weight is 669 g/mol. The van der Waals surface area contributed by atoms with Crippen LogP contribution in [0.2, 0.25) is 10.0 Å². The van der Waals surface area contributed by atoms with Crippen LogP contribution >= 0.6 is 39.1 Å². The summed E-state index contributed by atoms with van der Waals surface area (Å²) in [6, 6.07) is 19.9. The van der Waals surface area contributed by atoms with Crippen LogP contribution in [0.4, 0.5) is 5.69 Å². The van der Waals surface area contributed by atoms with Crippen LogP contribution < -0.4 is 9.62 Å². The van der Waals surface area contributed by atoms with Crippen LogP contribution in [0.15, 0.2) is 77.3 Å². The number of para-hydroxylation sites is 1. The van der Waals surface area contributed by atoms with Crippen LogP contribution in [-0.4, -0.2) is 50.0 Å². The topological polar surface area (TPSA) is 86.8 Å². The molecule has 0 bridgehead atoms. The number of nitrogens with one attached hydrogen (secondary N) is 1. The molecule has 2 atom stereocenters. The summed E-state index contributed by atoms with van der Waals surface area (Å²) in [4.78, 5) is 29.2. The van der Waals surface area contributed by atoms with Crippen molar-refractivity contribution >= 4 is 66.7 Å². The van der Waals surface area contributed by atoms with Gasteiger partial charge in [0.1, 0.15) is 12.6 Å². The SMILES string of the molecule is CC[C@H](C)NC(=O)[C@H](Cc1ccccc1)N(Cc1ccc(Cl)cc1Cl)C(=O)CN(c1ccccc1Br)S(C)(=O)=O. The second-order valence-electron chi connectivity index (χ2n) is 9.50. The molecule has 0 saturated heterocycles. The van der Waals surface area contributed by atoms with E-state index < -0.39 is 28.5 Å². The Labute approximate surface area is 254 Å². The number of benzene rings is 3. The maximum atomic E-state index is 14.1. The highest BCUT2D eigenvalue weighted by Gasteiger charge is 2.34. The highest BCUT2D eigenvalue weighted by molar-refractivity contribution is 9.10. The van der Waals surface area contributed by atoms with Crippen LogP contribution in [0, 0.1) is 0 Å². The van der Waals surface area contributed by atoms with Crippen molar-refractivity contribution in [2.75, 3.05) is 17.1 Å². The molecule has 0 unspecified atom stereocenters. The third-order valence-corrected chi connectivity index (χ3v) is 8.81. The molecular formula is C29H32BrCl2N3O4S. The lowest BCUT2D eigenvalue weighted by molar-refractivity contribution is -0.140. The lowest BCUT2D eigenvalue weighted by Crippen LogP contribution is -2.54. The Morgan fingerprint density at radius 3 is 2.25 bits per heavy atom. The van der Waals surface area contributed by atoms with Crippen molar-refractivity contribution in [2.24, 2.45) is 0 Å². The van der Waals surface area contributed by atoms with E-state index in [-0.39, 0.29) is 24.9 Å². The Morgan fingerprint density at radius 1 is 1.00 bits per heavy atom. The second-order valence-corrected chi connectivity index (χ2v) is 13.1. The number of anilines is 1. The van der Waals surface area contributed by atoms with Crippen molar-refractivity contribution in [1.82, 2.24) is 10.2 Å².